The number of amides is 2. The van der Waals surface area contributed by atoms with Crippen LogP contribution in [0.25, 0.3) is 0 Å². The van der Waals surface area contributed by atoms with E-state index < -0.39 is 0 Å². The predicted octanol–water partition coefficient (Wildman–Crippen LogP) is 5.11. The molecule has 0 radical (unpaired) electrons. The van der Waals surface area contributed by atoms with E-state index in [0.29, 0.717) is 27.8 Å². The van der Waals surface area contributed by atoms with E-state index in [0.717, 1.165) is 50.9 Å². The highest BCUT2D eigenvalue weighted by Crippen LogP contribution is 2.31. The molecule has 2 fully saturated rings. The third kappa shape index (κ3) is 4.16. The number of halogens is 2. The van der Waals surface area contributed by atoms with Gasteiger partial charge in [-0.2, -0.15) is 0 Å². The monoisotopic (exact) mass is 370 g/mol. The van der Waals surface area contributed by atoms with Gasteiger partial charge in [0.05, 0.1) is 16.8 Å². The molecule has 2 amide bonds. The summed E-state index contributed by atoms with van der Waals surface area (Å²) in [6.45, 7) is 4.25. The number of nitrogens with zero attached hydrogens (tertiary/aromatic N) is 1. The van der Waals surface area contributed by atoms with Gasteiger partial charge in [-0.15, -0.1) is 0 Å². The van der Waals surface area contributed by atoms with Gasteiger partial charge in [0.1, 0.15) is 0 Å². The first kappa shape index (κ1) is 17.8. The molecule has 1 aromatic carbocycles. The molecule has 4 nitrogen and oxygen atoms in total. The molecule has 2 unspecified atom stereocenters. The Hall–Kier alpha value is -0.970. The van der Waals surface area contributed by atoms with Crippen LogP contribution in [-0.2, 0) is 4.74 Å². The highest BCUT2D eigenvalue weighted by molar-refractivity contribution is 6.36. The van der Waals surface area contributed by atoms with E-state index in [9.17, 15) is 4.79 Å². The lowest BCUT2D eigenvalue weighted by molar-refractivity contribution is -0.0360. The molecule has 0 saturated carbocycles. The standard InChI is InChI=1S/C18H24Cl2N2O2/c1-12-9-15(20)16(10-14(12)19)21-18(23)22-7-4-5-13(11-22)17-6-2-3-8-24-17/h9-10,13,17H,2-8,11H2,1H3,(H,21,23). The number of piperidine rings is 1. The average molecular weight is 371 g/mol. The molecule has 1 N–H and O–H groups in total. The number of aryl methyl sites for hydroxylation is 1. The highest BCUT2D eigenvalue weighted by Gasteiger charge is 2.31. The SMILES string of the molecule is Cc1cc(Cl)c(NC(=O)N2CCCC(C3CCCCO3)C2)cc1Cl. The molecule has 0 aromatic heterocycles. The van der Waals surface area contributed by atoms with Gasteiger partial charge in [-0.1, -0.05) is 23.2 Å². The first-order valence-corrected chi connectivity index (χ1v) is 9.43. The number of hydrogen-bond acceptors (Lipinski definition) is 2. The van der Waals surface area contributed by atoms with Crippen LogP contribution in [0.15, 0.2) is 12.1 Å². The molecule has 2 heterocycles. The number of ether oxygens (including phenoxy) is 1. The van der Waals surface area contributed by atoms with Crippen molar-refractivity contribution in [2.45, 2.75) is 45.1 Å². The molecule has 2 aliphatic rings. The Bertz CT molecular complexity index is 603. The second kappa shape index (κ2) is 7.94. The zero-order valence-corrected chi connectivity index (χ0v) is 15.5. The summed E-state index contributed by atoms with van der Waals surface area (Å²) in [4.78, 5) is 14.5. The van der Waals surface area contributed by atoms with Crippen molar-refractivity contribution in [3.05, 3.63) is 27.7 Å². The summed E-state index contributed by atoms with van der Waals surface area (Å²) in [5, 5.41) is 4.01. The van der Waals surface area contributed by atoms with Gasteiger partial charge in [0, 0.05) is 30.6 Å². The smallest absolute Gasteiger partial charge is 0.321 e. The molecule has 24 heavy (non-hydrogen) atoms. The van der Waals surface area contributed by atoms with Crippen LogP contribution in [0.5, 0.6) is 0 Å². The predicted molar refractivity (Wildman–Crippen MR) is 98.1 cm³/mol. The third-order valence-corrected chi connectivity index (χ3v) is 5.70. The van der Waals surface area contributed by atoms with Crippen LogP contribution in [0.2, 0.25) is 10.0 Å². The lowest BCUT2D eigenvalue weighted by Gasteiger charge is -2.38. The summed E-state index contributed by atoms with van der Waals surface area (Å²) >= 11 is 12.4. The van der Waals surface area contributed by atoms with Crippen molar-refractivity contribution >= 4 is 34.9 Å². The van der Waals surface area contributed by atoms with Gasteiger partial charge in [-0.05, 0) is 56.7 Å². The Labute approximate surface area is 153 Å². The minimum absolute atomic E-state index is 0.114. The molecule has 0 bridgehead atoms. The average Bonchev–Trinajstić information content (AvgIpc) is 2.60. The maximum atomic E-state index is 12.6. The van der Waals surface area contributed by atoms with Crippen LogP contribution in [0, 0.1) is 12.8 Å². The Kier molecular flexibility index (Phi) is 5.90. The lowest BCUT2D eigenvalue weighted by atomic mass is 9.88. The van der Waals surface area contributed by atoms with Crippen molar-refractivity contribution in [3.63, 3.8) is 0 Å². The van der Waals surface area contributed by atoms with Crippen molar-refractivity contribution in [1.29, 1.82) is 0 Å². The molecule has 3 rings (SSSR count). The molecule has 1 aromatic rings. The summed E-state index contributed by atoms with van der Waals surface area (Å²) in [7, 11) is 0. The summed E-state index contributed by atoms with van der Waals surface area (Å²) < 4.78 is 5.91. The third-order valence-electron chi connectivity index (χ3n) is 4.98. The number of urea groups is 1. The first-order valence-electron chi connectivity index (χ1n) is 8.68. The molecule has 0 aliphatic carbocycles. The van der Waals surface area contributed by atoms with Gasteiger partial charge < -0.3 is 15.0 Å². The molecular formula is C18H24Cl2N2O2. The van der Waals surface area contributed by atoms with Crippen LogP contribution >= 0.6 is 23.2 Å². The second-order valence-electron chi connectivity index (χ2n) is 6.76. The largest absolute Gasteiger partial charge is 0.378 e. The van der Waals surface area contributed by atoms with Gasteiger partial charge in [0.15, 0.2) is 0 Å². The second-order valence-corrected chi connectivity index (χ2v) is 7.58. The summed E-state index contributed by atoms with van der Waals surface area (Å²) in [6, 6.07) is 3.37. The number of nitrogens with one attached hydrogen (secondary N) is 1. The fourth-order valence-electron chi connectivity index (χ4n) is 3.57. The Balaban J connectivity index is 1.63. The van der Waals surface area contributed by atoms with Crippen LogP contribution < -0.4 is 5.32 Å². The van der Waals surface area contributed by atoms with Gasteiger partial charge in [0.25, 0.3) is 0 Å². The number of rotatable bonds is 2. The Morgan fingerprint density at radius 3 is 2.79 bits per heavy atom. The van der Waals surface area contributed by atoms with Crippen LogP contribution in [0.3, 0.4) is 0 Å². The van der Waals surface area contributed by atoms with Crippen molar-refractivity contribution in [2.24, 2.45) is 5.92 Å². The van der Waals surface area contributed by atoms with E-state index in [1.807, 2.05) is 11.8 Å². The number of benzene rings is 1. The van der Waals surface area contributed by atoms with E-state index in [1.54, 1.807) is 12.1 Å². The number of likely N-dealkylation sites (tertiary alicyclic amines) is 1. The highest BCUT2D eigenvalue weighted by atomic mass is 35.5. The molecule has 0 spiro atoms. The summed E-state index contributed by atoms with van der Waals surface area (Å²) in [5.74, 6) is 0.432. The summed E-state index contributed by atoms with van der Waals surface area (Å²) in [6.07, 6.45) is 5.93. The van der Waals surface area contributed by atoms with Crippen molar-refractivity contribution < 1.29 is 9.53 Å². The normalized spacial score (nSPS) is 24.7. The first-order chi connectivity index (χ1) is 11.5. The van der Waals surface area contributed by atoms with E-state index in [-0.39, 0.29) is 6.03 Å². The Morgan fingerprint density at radius 2 is 2.04 bits per heavy atom. The summed E-state index contributed by atoms with van der Waals surface area (Å²) in [5.41, 5.74) is 1.46. The number of carbonyl (C=O) groups excluding carboxylic acids is 1. The number of anilines is 1. The van der Waals surface area contributed by atoms with E-state index >= 15 is 0 Å². The zero-order valence-electron chi connectivity index (χ0n) is 14.0. The zero-order chi connectivity index (χ0) is 17.1. The Morgan fingerprint density at radius 1 is 1.21 bits per heavy atom. The van der Waals surface area contributed by atoms with Gasteiger partial charge in [0.2, 0.25) is 0 Å². The maximum absolute atomic E-state index is 12.6. The molecule has 6 heteroatoms. The quantitative estimate of drug-likeness (QED) is 0.785. The van der Waals surface area contributed by atoms with Crippen LogP contribution in [0.1, 0.15) is 37.7 Å². The molecule has 2 aliphatic heterocycles. The van der Waals surface area contributed by atoms with Crippen molar-refractivity contribution in [2.75, 3.05) is 25.0 Å². The molecule has 132 valence electrons. The van der Waals surface area contributed by atoms with Gasteiger partial charge in [-0.3, -0.25) is 0 Å². The molecule has 2 atom stereocenters. The minimum atomic E-state index is -0.114. The van der Waals surface area contributed by atoms with Crippen molar-refractivity contribution in [1.82, 2.24) is 4.90 Å². The number of carbonyl (C=O) groups is 1. The minimum Gasteiger partial charge on any atom is -0.378 e. The topological polar surface area (TPSA) is 41.6 Å². The maximum Gasteiger partial charge on any atom is 0.321 e. The molecular weight excluding hydrogens is 347 g/mol. The lowest BCUT2D eigenvalue weighted by Crippen LogP contribution is -2.46. The molecule has 2 saturated heterocycles. The fourth-order valence-corrected chi connectivity index (χ4v) is 4.00. The van der Waals surface area contributed by atoms with Crippen LogP contribution in [0.4, 0.5) is 10.5 Å². The van der Waals surface area contributed by atoms with Crippen LogP contribution in [-0.4, -0.2) is 36.7 Å². The van der Waals surface area contributed by atoms with Gasteiger partial charge >= 0.3 is 6.03 Å². The van der Waals surface area contributed by atoms with Gasteiger partial charge in [-0.25, -0.2) is 4.79 Å². The van der Waals surface area contributed by atoms with E-state index in [2.05, 4.69) is 5.32 Å². The van der Waals surface area contributed by atoms with E-state index in [1.165, 1.54) is 6.42 Å². The van der Waals surface area contributed by atoms with Crippen molar-refractivity contribution in [3.8, 4) is 0 Å². The fraction of sp³-hybridized carbons (Fsp3) is 0.611. The van der Waals surface area contributed by atoms with E-state index in [4.69, 9.17) is 27.9 Å². The number of hydrogen-bond donors (Lipinski definition) is 1.